The lowest BCUT2D eigenvalue weighted by atomic mass is 10.1. The summed E-state index contributed by atoms with van der Waals surface area (Å²) < 4.78 is 7.28. The summed E-state index contributed by atoms with van der Waals surface area (Å²) in [6.45, 7) is 2.64. The highest BCUT2D eigenvalue weighted by molar-refractivity contribution is 5.76. The van der Waals surface area contributed by atoms with Crippen molar-refractivity contribution in [2.24, 2.45) is 10.9 Å². The van der Waals surface area contributed by atoms with Gasteiger partial charge in [0.25, 0.3) is 0 Å². The van der Waals surface area contributed by atoms with Crippen LogP contribution in [0.15, 0.2) is 11.2 Å². The Bertz CT molecular complexity index is 403. The summed E-state index contributed by atoms with van der Waals surface area (Å²) >= 11 is 0. The van der Waals surface area contributed by atoms with Gasteiger partial charge >= 0.3 is 0 Å². The van der Waals surface area contributed by atoms with Gasteiger partial charge in [-0.3, -0.25) is 9.67 Å². The molecule has 1 aromatic heterocycles. The molecular formula is C13H20N4O. The minimum atomic E-state index is 0.512. The third-order valence-electron chi connectivity index (χ3n) is 3.77. The summed E-state index contributed by atoms with van der Waals surface area (Å²) in [6.07, 6.45) is 10.1. The van der Waals surface area contributed by atoms with E-state index in [4.69, 9.17) is 4.74 Å². The molecule has 1 aliphatic heterocycles. The number of nitrogens with zero attached hydrogens (tertiary/aromatic N) is 4. The molecule has 1 saturated heterocycles. The quantitative estimate of drug-likeness (QED) is 0.762. The minimum Gasteiger partial charge on any atom is -0.381 e. The van der Waals surface area contributed by atoms with E-state index < -0.39 is 0 Å². The maximum absolute atomic E-state index is 5.36. The zero-order chi connectivity index (χ0) is 12.2. The molecule has 2 aliphatic rings. The van der Waals surface area contributed by atoms with Gasteiger partial charge in [-0.25, -0.2) is 0 Å². The first-order valence-electron chi connectivity index (χ1n) is 6.91. The first kappa shape index (κ1) is 11.8. The lowest BCUT2D eigenvalue weighted by Crippen LogP contribution is -2.11. The molecule has 0 radical (unpaired) electrons. The molecule has 0 N–H and O–H groups in total. The second-order valence-corrected chi connectivity index (χ2v) is 5.31. The van der Waals surface area contributed by atoms with E-state index in [9.17, 15) is 0 Å². The van der Waals surface area contributed by atoms with Crippen molar-refractivity contribution in [1.82, 2.24) is 15.0 Å². The highest BCUT2D eigenvalue weighted by atomic mass is 16.5. The topological polar surface area (TPSA) is 52.3 Å². The zero-order valence-electron chi connectivity index (χ0n) is 10.7. The van der Waals surface area contributed by atoms with Crippen molar-refractivity contribution in [3.63, 3.8) is 0 Å². The monoisotopic (exact) mass is 248 g/mol. The van der Waals surface area contributed by atoms with Crippen LogP contribution in [0.2, 0.25) is 0 Å². The molecule has 0 aromatic carbocycles. The van der Waals surface area contributed by atoms with Crippen molar-refractivity contribution < 1.29 is 4.74 Å². The van der Waals surface area contributed by atoms with Gasteiger partial charge < -0.3 is 4.74 Å². The Labute approximate surface area is 107 Å². The van der Waals surface area contributed by atoms with Crippen molar-refractivity contribution in [3.05, 3.63) is 11.9 Å². The van der Waals surface area contributed by atoms with Crippen LogP contribution in [0.4, 0.5) is 0 Å². The minimum absolute atomic E-state index is 0.512. The Morgan fingerprint density at radius 1 is 1.39 bits per heavy atom. The van der Waals surface area contributed by atoms with Gasteiger partial charge in [-0.15, -0.1) is 5.10 Å². The number of hydrogen-bond acceptors (Lipinski definition) is 4. The Kier molecular flexibility index (Phi) is 3.69. The molecule has 98 valence electrons. The van der Waals surface area contributed by atoms with Crippen molar-refractivity contribution in [1.29, 1.82) is 0 Å². The van der Waals surface area contributed by atoms with Crippen LogP contribution >= 0.6 is 0 Å². The largest absolute Gasteiger partial charge is 0.381 e. The Morgan fingerprint density at radius 2 is 2.28 bits per heavy atom. The zero-order valence-corrected chi connectivity index (χ0v) is 10.7. The van der Waals surface area contributed by atoms with Gasteiger partial charge in [-0.05, 0) is 19.3 Å². The number of rotatable bonds is 4. The van der Waals surface area contributed by atoms with E-state index in [0.29, 0.717) is 12.0 Å². The molecule has 3 rings (SSSR count). The van der Waals surface area contributed by atoms with Crippen LogP contribution in [-0.4, -0.2) is 40.5 Å². The van der Waals surface area contributed by atoms with Gasteiger partial charge in [0.15, 0.2) is 0 Å². The predicted molar refractivity (Wildman–Crippen MR) is 68.8 cm³/mol. The van der Waals surface area contributed by atoms with E-state index in [1.807, 2.05) is 17.1 Å². The number of aliphatic imine (C=N–C) groups is 1. The molecule has 1 saturated carbocycles. The van der Waals surface area contributed by atoms with E-state index in [-0.39, 0.29) is 0 Å². The maximum atomic E-state index is 5.36. The fourth-order valence-corrected chi connectivity index (χ4v) is 2.69. The molecule has 1 atom stereocenters. The normalized spacial score (nSPS) is 25.4. The van der Waals surface area contributed by atoms with Crippen LogP contribution in [0.25, 0.3) is 0 Å². The maximum Gasteiger partial charge on any atom is 0.123 e. The first-order chi connectivity index (χ1) is 8.90. The van der Waals surface area contributed by atoms with Crippen LogP contribution in [-0.2, 0) is 11.3 Å². The number of ether oxygens (including phenoxy) is 1. The van der Waals surface area contributed by atoms with Crippen molar-refractivity contribution in [2.75, 3.05) is 13.2 Å². The highest BCUT2D eigenvalue weighted by Crippen LogP contribution is 2.20. The third-order valence-corrected chi connectivity index (χ3v) is 3.77. The van der Waals surface area contributed by atoms with Gasteiger partial charge in [0, 0.05) is 19.1 Å². The third kappa shape index (κ3) is 2.96. The summed E-state index contributed by atoms with van der Waals surface area (Å²) in [5.41, 5.74) is 0.876. The van der Waals surface area contributed by atoms with E-state index >= 15 is 0 Å². The van der Waals surface area contributed by atoms with E-state index in [1.54, 1.807) is 0 Å². The highest BCUT2D eigenvalue weighted by Gasteiger charge is 2.17. The second-order valence-electron chi connectivity index (χ2n) is 5.31. The van der Waals surface area contributed by atoms with Gasteiger partial charge in [0.1, 0.15) is 5.69 Å². The lowest BCUT2D eigenvalue weighted by Gasteiger charge is -2.05. The molecular weight excluding hydrogens is 228 g/mol. The molecule has 1 aromatic rings. The van der Waals surface area contributed by atoms with Crippen molar-refractivity contribution >= 4 is 6.21 Å². The average Bonchev–Trinajstić information content (AvgIpc) is 3.09. The summed E-state index contributed by atoms with van der Waals surface area (Å²) in [5, 5.41) is 8.29. The van der Waals surface area contributed by atoms with Crippen LogP contribution in [0.3, 0.4) is 0 Å². The standard InChI is InChI=1S/C13H20N4O/c1-2-4-12(3-1)14-7-13-9-17(16-15-13)8-11-5-6-18-10-11/h7,9,11-12H,1-6,8,10H2. The molecule has 1 unspecified atom stereocenters. The summed E-state index contributed by atoms with van der Waals surface area (Å²) in [7, 11) is 0. The van der Waals surface area contributed by atoms with E-state index in [0.717, 1.165) is 31.9 Å². The number of hydrogen-bond donors (Lipinski definition) is 0. The molecule has 5 heteroatoms. The van der Waals surface area contributed by atoms with Crippen molar-refractivity contribution in [2.45, 2.75) is 44.7 Å². The smallest absolute Gasteiger partial charge is 0.123 e. The first-order valence-corrected chi connectivity index (χ1v) is 6.91. The predicted octanol–water partition coefficient (Wildman–Crippen LogP) is 1.68. The van der Waals surface area contributed by atoms with Gasteiger partial charge in [-0.1, -0.05) is 18.1 Å². The molecule has 0 amide bonds. The van der Waals surface area contributed by atoms with E-state index in [2.05, 4.69) is 15.3 Å². The van der Waals surface area contributed by atoms with Gasteiger partial charge in [0.2, 0.25) is 0 Å². The van der Waals surface area contributed by atoms with Crippen LogP contribution in [0.5, 0.6) is 0 Å². The fraction of sp³-hybridized carbons (Fsp3) is 0.769. The summed E-state index contributed by atoms with van der Waals surface area (Å²) in [5.74, 6) is 0.589. The van der Waals surface area contributed by atoms with Crippen molar-refractivity contribution in [3.8, 4) is 0 Å². The second kappa shape index (κ2) is 5.61. The molecule has 2 fully saturated rings. The Balaban J connectivity index is 1.55. The summed E-state index contributed by atoms with van der Waals surface area (Å²) in [6, 6.07) is 0.512. The van der Waals surface area contributed by atoms with Crippen LogP contribution < -0.4 is 0 Å². The average molecular weight is 248 g/mol. The fourth-order valence-electron chi connectivity index (χ4n) is 2.69. The van der Waals surface area contributed by atoms with E-state index in [1.165, 1.54) is 25.7 Å². The van der Waals surface area contributed by atoms with Crippen LogP contribution in [0, 0.1) is 5.92 Å². The van der Waals surface area contributed by atoms with Gasteiger partial charge in [-0.2, -0.15) is 0 Å². The Morgan fingerprint density at radius 3 is 3.06 bits per heavy atom. The molecule has 0 bridgehead atoms. The molecule has 18 heavy (non-hydrogen) atoms. The molecule has 1 aliphatic carbocycles. The number of aromatic nitrogens is 3. The summed E-state index contributed by atoms with van der Waals surface area (Å²) in [4.78, 5) is 4.57. The molecule has 5 nitrogen and oxygen atoms in total. The lowest BCUT2D eigenvalue weighted by molar-refractivity contribution is 0.181. The Hall–Kier alpha value is -1.23. The molecule has 0 spiro atoms. The SMILES string of the molecule is C(=NC1CCCC1)c1cn(CC2CCOC2)nn1. The van der Waals surface area contributed by atoms with Gasteiger partial charge in [0.05, 0.1) is 25.1 Å². The molecule has 2 heterocycles. The van der Waals surface area contributed by atoms with Crippen LogP contribution in [0.1, 0.15) is 37.8 Å².